The van der Waals surface area contributed by atoms with E-state index in [4.69, 9.17) is 0 Å². The minimum Gasteiger partial charge on any atom is -0.352 e. The second-order valence-corrected chi connectivity index (χ2v) is 5.68. The highest BCUT2D eigenvalue weighted by atomic mass is 16.2. The summed E-state index contributed by atoms with van der Waals surface area (Å²) >= 11 is 0. The van der Waals surface area contributed by atoms with Crippen molar-refractivity contribution in [1.82, 2.24) is 10.3 Å². The molecule has 1 aromatic rings. The fourth-order valence-corrected chi connectivity index (χ4v) is 1.33. The van der Waals surface area contributed by atoms with Gasteiger partial charge < -0.3 is 5.32 Å². The number of aromatic nitrogens is 1. The Hall–Kier alpha value is -1.38. The summed E-state index contributed by atoms with van der Waals surface area (Å²) in [6.07, 6.45) is 1.83. The molecule has 0 radical (unpaired) electrons. The molecule has 0 spiro atoms. The van der Waals surface area contributed by atoms with Crippen molar-refractivity contribution in [2.45, 2.75) is 47.1 Å². The molecule has 0 aliphatic heterocycles. The summed E-state index contributed by atoms with van der Waals surface area (Å²) in [4.78, 5) is 16.0. The predicted molar refractivity (Wildman–Crippen MR) is 69.6 cm³/mol. The first-order valence-corrected chi connectivity index (χ1v) is 6.04. The minimum absolute atomic E-state index is 0.0606. The van der Waals surface area contributed by atoms with Crippen LogP contribution in [0.5, 0.6) is 0 Å². The summed E-state index contributed by atoms with van der Waals surface area (Å²) in [6.45, 7) is 10.5. The Bertz CT molecular complexity index is 374. The highest BCUT2D eigenvalue weighted by molar-refractivity contribution is 5.81. The van der Waals surface area contributed by atoms with E-state index in [0.717, 1.165) is 11.3 Å². The lowest BCUT2D eigenvalue weighted by atomic mass is 9.95. The fourth-order valence-electron chi connectivity index (χ4n) is 1.33. The molecule has 17 heavy (non-hydrogen) atoms. The van der Waals surface area contributed by atoms with Crippen molar-refractivity contribution in [2.24, 2.45) is 5.41 Å². The van der Waals surface area contributed by atoms with E-state index in [-0.39, 0.29) is 11.3 Å². The van der Waals surface area contributed by atoms with E-state index < -0.39 is 0 Å². The highest BCUT2D eigenvalue weighted by Crippen LogP contribution is 2.14. The van der Waals surface area contributed by atoms with Crippen LogP contribution in [0.15, 0.2) is 18.3 Å². The maximum absolute atomic E-state index is 11.7. The molecule has 0 atom stereocenters. The molecule has 0 bridgehead atoms. The zero-order chi connectivity index (χ0) is 13.1. The third kappa shape index (κ3) is 4.17. The van der Waals surface area contributed by atoms with Gasteiger partial charge in [-0.05, 0) is 17.5 Å². The fraction of sp³-hybridized carbons (Fsp3) is 0.571. The van der Waals surface area contributed by atoms with E-state index in [1.165, 1.54) is 0 Å². The first-order chi connectivity index (χ1) is 7.80. The van der Waals surface area contributed by atoms with Crippen LogP contribution in [-0.2, 0) is 11.3 Å². The summed E-state index contributed by atoms with van der Waals surface area (Å²) in [5, 5.41) is 2.91. The lowest BCUT2D eigenvalue weighted by Gasteiger charge is -2.17. The van der Waals surface area contributed by atoms with Gasteiger partial charge in [-0.3, -0.25) is 9.78 Å². The van der Waals surface area contributed by atoms with Crippen molar-refractivity contribution in [2.75, 3.05) is 0 Å². The van der Waals surface area contributed by atoms with Crippen molar-refractivity contribution >= 4 is 5.91 Å². The molecule has 94 valence electrons. The number of hydrogen-bond acceptors (Lipinski definition) is 2. The normalized spacial score (nSPS) is 11.6. The zero-order valence-electron chi connectivity index (χ0n) is 11.4. The molecule has 0 aliphatic rings. The van der Waals surface area contributed by atoms with Crippen LogP contribution in [0.4, 0.5) is 0 Å². The van der Waals surface area contributed by atoms with E-state index in [2.05, 4.69) is 24.1 Å². The average molecular weight is 234 g/mol. The van der Waals surface area contributed by atoms with Gasteiger partial charge in [0.15, 0.2) is 0 Å². The zero-order valence-corrected chi connectivity index (χ0v) is 11.4. The Labute approximate surface area is 104 Å². The Balaban J connectivity index is 2.56. The third-order valence-corrected chi connectivity index (χ3v) is 2.57. The number of nitrogens with zero attached hydrogens (tertiary/aromatic N) is 1. The minimum atomic E-state index is -0.342. The van der Waals surface area contributed by atoms with Crippen molar-refractivity contribution in [3.63, 3.8) is 0 Å². The molecule has 1 aromatic heterocycles. The molecule has 0 saturated carbocycles. The highest BCUT2D eigenvalue weighted by Gasteiger charge is 2.20. The molecule has 3 heteroatoms. The number of amides is 1. The molecule has 1 rings (SSSR count). The maximum Gasteiger partial charge on any atom is 0.225 e. The number of pyridine rings is 1. The number of nitrogens with one attached hydrogen (secondary N) is 1. The Morgan fingerprint density at radius 1 is 1.35 bits per heavy atom. The van der Waals surface area contributed by atoms with Crippen LogP contribution in [0.1, 0.15) is 51.8 Å². The van der Waals surface area contributed by atoms with Gasteiger partial charge in [0.1, 0.15) is 0 Å². The van der Waals surface area contributed by atoms with Gasteiger partial charge in [0, 0.05) is 23.9 Å². The van der Waals surface area contributed by atoms with E-state index in [1.807, 2.05) is 39.1 Å². The monoisotopic (exact) mass is 234 g/mol. The predicted octanol–water partition coefficient (Wildman–Crippen LogP) is 2.87. The van der Waals surface area contributed by atoms with Crippen molar-refractivity contribution in [1.29, 1.82) is 0 Å². The summed E-state index contributed by atoms with van der Waals surface area (Å²) in [5.74, 6) is 0.499. The number of carbonyl (C=O) groups excluding carboxylic acids is 1. The van der Waals surface area contributed by atoms with Gasteiger partial charge in [0.25, 0.3) is 0 Å². The van der Waals surface area contributed by atoms with Gasteiger partial charge in [-0.1, -0.05) is 40.7 Å². The van der Waals surface area contributed by atoms with E-state index in [9.17, 15) is 4.79 Å². The number of carbonyl (C=O) groups is 1. The molecule has 0 aromatic carbocycles. The lowest BCUT2D eigenvalue weighted by molar-refractivity contribution is -0.128. The van der Waals surface area contributed by atoms with Crippen LogP contribution in [0.3, 0.4) is 0 Å². The third-order valence-electron chi connectivity index (χ3n) is 2.57. The van der Waals surface area contributed by atoms with E-state index in [1.54, 1.807) is 0 Å². The Morgan fingerprint density at radius 2 is 2.00 bits per heavy atom. The second kappa shape index (κ2) is 5.30. The molecule has 1 N–H and O–H groups in total. The van der Waals surface area contributed by atoms with Crippen LogP contribution < -0.4 is 5.32 Å². The van der Waals surface area contributed by atoms with Gasteiger partial charge in [-0.2, -0.15) is 0 Å². The van der Waals surface area contributed by atoms with Crippen molar-refractivity contribution in [3.05, 3.63) is 29.6 Å². The molecule has 0 aliphatic carbocycles. The molecule has 0 fully saturated rings. The number of rotatable bonds is 3. The first-order valence-electron chi connectivity index (χ1n) is 6.04. The summed E-state index contributed by atoms with van der Waals surface area (Å²) in [7, 11) is 0. The van der Waals surface area contributed by atoms with Crippen LogP contribution in [0.25, 0.3) is 0 Å². The summed E-state index contributed by atoms with van der Waals surface area (Å²) < 4.78 is 0. The van der Waals surface area contributed by atoms with Gasteiger partial charge >= 0.3 is 0 Å². The second-order valence-electron chi connectivity index (χ2n) is 5.68. The van der Waals surface area contributed by atoms with E-state index >= 15 is 0 Å². The molecular formula is C14H22N2O. The van der Waals surface area contributed by atoms with Gasteiger partial charge in [0.2, 0.25) is 5.91 Å². The number of hydrogen-bond donors (Lipinski definition) is 1. The molecule has 1 amide bonds. The van der Waals surface area contributed by atoms with Crippen molar-refractivity contribution < 1.29 is 4.79 Å². The van der Waals surface area contributed by atoms with Crippen LogP contribution in [0, 0.1) is 5.41 Å². The van der Waals surface area contributed by atoms with Crippen LogP contribution in [-0.4, -0.2) is 10.9 Å². The average Bonchev–Trinajstić information content (AvgIpc) is 2.25. The quantitative estimate of drug-likeness (QED) is 0.873. The largest absolute Gasteiger partial charge is 0.352 e. The van der Waals surface area contributed by atoms with Crippen LogP contribution >= 0.6 is 0 Å². The molecule has 0 saturated heterocycles. The summed E-state index contributed by atoms with van der Waals surface area (Å²) in [5.41, 5.74) is 1.77. The SMILES string of the molecule is CC(C)c1ccc(CNC(=O)C(C)(C)C)cn1. The van der Waals surface area contributed by atoms with E-state index in [0.29, 0.717) is 12.5 Å². The first kappa shape index (κ1) is 13.7. The maximum atomic E-state index is 11.7. The topological polar surface area (TPSA) is 42.0 Å². The van der Waals surface area contributed by atoms with Gasteiger partial charge in [-0.25, -0.2) is 0 Å². The van der Waals surface area contributed by atoms with Gasteiger partial charge in [-0.15, -0.1) is 0 Å². The lowest BCUT2D eigenvalue weighted by Crippen LogP contribution is -2.34. The van der Waals surface area contributed by atoms with Crippen molar-refractivity contribution in [3.8, 4) is 0 Å². The van der Waals surface area contributed by atoms with Crippen LogP contribution in [0.2, 0.25) is 0 Å². The molecule has 1 heterocycles. The Morgan fingerprint density at radius 3 is 2.41 bits per heavy atom. The molecule has 0 unspecified atom stereocenters. The smallest absolute Gasteiger partial charge is 0.225 e. The molecule has 3 nitrogen and oxygen atoms in total. The summed E-state index contributed by atoms with van der Waals surface area (Å²) in [6, 6.07) is 4.04. The molecular weight excluding hydrogens is 212 g/mol. The Kier molecular flexibility index (Phi) is 4.27. The standard InChI is InChI=1S/C14H22N2O/c1-10(2)12-7-6-11(8-15-12)9-16-13(17)14(3,4)5/h6-8,10H,9H2,1-5H3,(H,16,17). The van der Waals surface area contributed by atoms with Gasteiger partial charge in [0.05, 0.1) is 0 Å².